The number of nitrogens with two attached hydrogens (primary N) is 1. The summed E-state index contributed by atoms with van der Waals surface area (Å²) in [5, 5.41) is 0.675. The SMILES string of the molecule is COc1ccc(OC)c(Sc2nc3c(N)nc(CCC4CCOCC4)nc3[nH]2)c1. The number of nitrogens with one attached hydrogen (secondary N) is 1. The normalized spacial score (nSPS) is 15.0. The van der Waals surface area contributed by atoms with E-state index in [1.165, 1.54) is 11.8 Å². The smallest absolute Gasteiger partial charge is 0.172 e. The third-order valence-electron chi connectivity index (χ3n) is 5.09. The molecule has 3 aromatic rings. The predicted molar refractivity (Wildman–Crippen MR) is 112 cm³/mol. The fourth-order valence-electron chi connectivity index (χ4n) is 3.44. The average molecular weight is 416 g/mol. The first-order chi connectivity index (χ1) is 14.2. The molecule has 1 saturated heterocycles. The summed E-state index contributed by atoms with van der Waals surface area (Å²) in [7, 11) is 3.27. The van der Waals surface area contributed by atoms with Crippen LogP contribution in [-0.2, 0) is 11.2 Å². The molecule has 1 fully saturated rings. The highest BCUT2D eigenvalue weighted by Gasteiger charge is 2.17. The van der Waals surface area contributed by atoms with Gasteiger partial charge in [0.25, 0.3) is 0 Å². The van der Waals surface area contributed by atoms with Gasteiger partial charge in [-0.05, 0) is 55.1 Å². The molecule has 9 heteroatoms. The number of hydrogen-bond acceptors (Lipinski definition) is 8. The molecule has 0 saturated carbocycles. The van der Waals surface area contributed by atoms with Gasteiger partial charge in [-0.2, -0.15) is 0 Å². The van der Waals surface area contributed by atoms with Crippen molar-refractivity contribution in [1.29, 1.82) is 0 Å². The number of anilines is 1. The number of methoxy groups -OCH3 is 2. The van der Waals surface area contributed by atoms with E-state index in [2.05, 4.69) is 19.9 Å². The number of aryl methyl sites for hydroxylation is 1. The van der Waals surface area contributed by atoms with Gasteiger partial charge in [-0.15, -0.1) is 0 Å². The van der Waals surface area contributed by atoms with Gasteiger partial charge in [-0.3, -0.25) is 0 Å². The van der Waals surface area contributed by atoms with E-state index < -0.39 is 0 Å². The topological polar surface area (TPSA) is 108 Å². The molecule has 1 aromatic carbocycles. The predicted octanol–water partition coefficient (Wildman–Crippen LogP) is 3.46. The van der Waals surface area contributed by atoms with Gasteiger partial charge in [0.15, 0.2) is 22.1 Å². The minimum absolute atomic E-state index is 0.401. The van der Waals surface area contributed by atoms with Crippen molar-refractivity contribution in [3.05, 3.63) is 24.0 Å². The molecular weight excluding hydrogens is 390 g/mol. The summed E-state index contributed by atoms with van der Waals surface area (Å²) in [5.41, 5.74) is 7.41. The van der Waals surface area contributed by atoms with E-state index in [-0.39, 0.29) is 0 Å². The fourth-order valence-corrected chi connectivity index (χ4v) is 4.36. The first kappa shape index (κ1) is 19.8. The summed E-state index contributed by atoms with van der Waals surface area (Å²) in [5.74, 6) is 3.31. The van der Waals surface area contributed by atoms with Crippen LogP contribution in [0.3, 0.4) is 0 Å². The van der Waals surface area contributed by atoms with Crippen LogP contribution in [0.4, 0.5) is 5.82 Å². The third kappa shape index (κ3) is 4.56. The number of nitrogens with zero attached hydrogens (tertiary/aromatic N) is 3. The van der Waals surface area contributed by atoms with E-state index in [1.54, 1.807) is 14.2 Å². The number of ether oxygens (including phenoxy) is 3. The molecule has 0 atom stereocenters. The summed E-state index contributed by atoms with van der Waals surface area (Å²) in [4.78, 5) is 17.8. The zero-order valence-electron chi connectivity index (χ0n) is 16.6. The molecule has 29 heavy (non-hydrogen) atoms. The molecule has 154 valence electrons. The number of rotatable bonds is 7. The van der Waals surface area contributed by atoms with Crippen molar-refractivity contribution in [2.75, 3.05) is 33.2 Å². The van der Waals surface area contributed by atoms with Crippen LogP contribution in [0.1, 0.15) is 25.1 Å². The van der Waals surface area contributed by atoms with Crippen molar-refractivity contribution in [2.45, 2.75) is 35.7 Å². The Balaban J connectivity index is 1.54. The van der Waals surface area contributed by atoms with E-state index in [9.17, 15) is 0 Å². The largest absolute Gasteiger partial charge is 0.497 e. The molecule has 4 rings (SSSR count). The van der Waals surface area contributed by atoms with Gasteiger partial charge < -0.3 is 24.9 Å². The lowest BCUT2D eigenvalue weighted by atomic mass is 9.95. The number of aromatic nitrogens is 4. The fraction of sp³-hybridized carbons (Fsp3) is 0.450. The maximum Gasteiger partial charge on any atom is 0.172 e. The molecule has 0 aliphatic carbocycles. The monoisotopic (exact) mass is 415 g/mol. The van der Waals surface area contributed by atoms with Crippen LogP contribution in [0.15, 0.2) is 28.3 Å². The summed E-state index contributed by atoms with van der Waals surface area (Å²) < 4.78 is 16.2. The van der Waals surface area contributed by atoms with Crippen molar-refractivity contribution >= 4 is 28.7 Å². The number of nitrogen functional groups attached to an aromatic ring is 1. The Bertz CT molecular complexity index is 988. The molecule has 1 aliphatic heterocycles. The Morgan fingerprint density at radius 1 is 1.17 bits per heavy atom. The standard InChI is InChI=1S/C20H25N5O3S/c1-26-13-4-5-14(27-2)15(11-13)29-20-24-17-18(21)22-16(23-19(17)25-20)6-3-12-7-9-28-10-8-12/h4-5,11-12H,3,6-10H2,1-2H3,(H3,21,22,23,24,25). The molecule has 2 aromatic heterocycles. The van der Waals surface area contributed by atoms with Crippen LogP contribution in [0.2, 0.25) is 0 Å². The van der Waals surface area contributed by atoms with E-state index in [1.807, 2.05) is 18.2 Å². The number of aromatic amines is 1. The first-order valence-corrected chi connectivity index (χ1v) is 10.5. The number of benzene rings is 1. The van der Waals surface area contributed by atoms with Crippen LogP contribution in [0.25, 0.3) is 11.2 Å². The molecule has 0 unspecified atom stereocenters. The van der Waals surface area contributed by atoms with Crippen LogP contribution in [0.5, 0.6) is 11.5 Å². The van der Waals surface area contributed by atoms with Crippen molar-refractivity contribution in [3.8, 4) is 11.5 Å². The number of fused-ring (bicyclic) bond motifs is 1. The second-order valence-electron chi connectivity index (χ2n) is 6.98. The van der Waals surface area contributed by atoms with Crippen molar-refractivity contribution in [2.24, 2.45) is 5.92 Å². The molecule has 8 nitrogen and oxygen atoms in total. The minimum Gasteiger partial charge on any atom is -0.497 e. The zero-order valence-corrected chi connectivity index (χ0v) is 17.4. The molecule has 0 radical (unpaired) electrons. The highest BCUT2D eigenvalue weighted by molar-refractivity contribution is 7.99. The highest BCUT2D eigenvalue weighted by Crippen LogP contribution is 2.37. The van der Waals surface area contributed by atoms with Crippen LogP contribution >= 0.6 is 11.8 Å². The summed E-state index contributed by atoms with van der Waals surface area (Å²) in [6.45, 7) is 1.70. The van der Waals surface area contributed by atoms with Crippen LogP contribution < -0.4 is 15.2 Å². The van der Waals surface area contributed by atoms with Gasteiger partial charge >= 0.3 is 0 Å². The second-order valence-corrected chi connectivity index (χ2v) is 8.01. The van der Waals surface area contributed by atoms with Gasteiger partial charge in [0, 0.05) is 19.6 Å². The van der Waals surface area contributed by atoms with E-state index in [4.69, 9.17) is 19.9 Å². The first-order valence-electron chi connectivity index (χ1n) is 9.66. The minimum atomic E-state index is 0.401. The lowest BCUT2D eigenvalue weighted by Gasteiger charge is -2.21. The van der Waals surface area contributed by atoms with Gasteiger partial charge in [0.05, 0.1) is 19.1 Å². The van der Waals surface area contributed by atoms with Crippen LogP contribution in [0, 0.1) is 5.92 Å². The van der Waals surface area contributed by atoms with Crippen LogP contribution in [-0.4, -0.2) is 47.4 Å². The Kier molecular flexibility index (Phi) is 6.05. The summed E-state index contributed by atoms with van der Waals surface area (Å²) in [6, 6.07) is 5.63. The quantitative estimate of drug-likeness (QED) is 0.604. The van der Waals surface area contributed by atoms with Crippen molar-refractivity contribution in [3.63, 3.8) is 0 Å². The average Bonchev–Trinajstić information content (AvgIpc) is 3.16. The van der Waals surface area contributed by atoms with E-state index in [0.717, 1.165) is 61.1 Å². The number of H-pyrrole nitrogens is 1. The zero-order chi connectivity index (χ0) is 20.2. The Labute approximate surface area is 173 Å². The number of hydrogen-bond donors (Lipinski definition) is 2. The summed E-state index contributed by atoms with van der Waals surface area (Å²) >= 11 is 1.44. The Morgan fingerprint density at radius 2 is 2.00 bits per heavy atom. The molecule has 3 heterocycles. The molecular formula is C20H25N5O3S. The van der Waals surface area contributed by atoms with Crippen molar-refractivity contribution < 1.29 is 14.2 Å². The second kappa shape index (κ2) is 8.87. The number of imidazole rings is 1. The third-order valence-corrected chi connectivity index (χ3v) is 6.02. The van der Waals surface area contributed by atoms with Gasteiger partial charge in [-0.1, -0.05) is 0 Å². The van der Waals surface area contributed by atoms with Crippen molar-refractivity contribution in [1.82, 2.24) is 19.9 Å². The Hall–Kier alpha value is -2.52. The van der Waals surface area contributed by atoms with Gasteiger partial charge in [-0.25, -0.2) is 15.0 Å². The molecule has 0 spiro atoms. The van der Waals surface area contributed by atoms with E-state index >= 15 is 0 Å². The Morgan fingerprint density at radius 3 is 2.76 bits per heavy atom. The molecule has 3 N–H and O–H groups in total. The lowest BCUT2D eigenvalue weighted by Crippen LogP contribution is -2.16. The van der Waals surface area contributed by atoms with Gasteiger partial charge in [0.1, 0.15) is 17.3 Å². The summed E-state index contributed by atoms with van der Waals surface area (Å²) in [6.07, 6.45) is 4.05. The highest BCUT2D eigenvalue weighted by atomic mass is 32.2. The van der Waals surface area contributed by atoms with Gasteiger partial charge in [0.2, 0.25) is 0 Å². The molecule has 0 amide bonds. The van der Waals surface area contributed by atoms with E-state index in [0.29, 0.717) is 28.1 Å². The molecule has 0 bridgehead atoms. The maximum absolute atomic E-state index is 6.17. The molecule has 1 aliphatic rings. The maximum atomic E-state index is 6.17. The lowest BCUT2D eigenvalue weighted by molar-refractivity contribution is 0.0639.